The van der Waals surface area contributed by atoms with E-state index in [0.29, 0.717) is 31.6 Å². The fourth-order valence-corrected chi connectivity index (χ4v) is 2.33. The van der Waals surface area contributed by atoms with Crippen molar-refractivity contribution in [1.29, 1.82) is 0 Å². The second-order valence-corrected chi connectivity index (χ2v) is 4.95. The van der Waals surface area contributed by atoms with Crippen molar-refractivity contribution in [2.75, 3.05) is 18.0 Å². The van der Waals surface area contributed by atoms with E-state index in [4.69, 9.17) is 5.11 Å². The molecule has 0 aliphatic carbocycles. The first kappa shape index (κ1) is 14.6. The van der Waals surface area contributed by atoms with Crippen molar-refractivity contribution in [3.8, 4) is 0 Å². The Morgan fingerprint density at radius 2 is 1.95 bits per heavy atom. The molecule has 0 amide bonds. The number of pyridine rings is 1. The van der Waals surface area contributed by atoms with Crippen molar-refractivity contribution in [1.82, 2.24) is 4.98 Å². The molecule has 1 aliphatic heterocycles. The lowest BCUT2D eigenvalue weighted by atomic mass is 9.97. The van der Waals surface area contributed by atoms with Crippen LogP contribution in [0.1, 0.15) is 24.1 Å². The number of halogens is 3. The molecule has 0 unspecified atom stereocenters. The van der Waals surface area contributed by atoms with Crippen LogP contribution in [0.15, 0.2) is 12.1 Å². The molecule has 20 heavy (non-hydrogen) atoms. The molecule has 0 atom stereocenters. The number of aromatic nitrogens is 1. The summed E-state index contributed by atoms with van der Waals surface area (Å²) in [5.41, 5.74) is -0.421. The summed E-state index contributed by atoms with van der Waals surface area (Å²) in [5.74, 6) is -1.00. The summed E-state index contributed by atoms with van der Waals surface area (Å²) in [6, 6.07) is 2.03. The van der Waals surface area contributed by atoms with Crippen LogP contribution in [0.2, 0.25) is 0 Å². The smallest absolute Gasteiger partial charge is 0.416 e. The first-order valence-electron chi connectivity index (χ1n) is 6.31. The van der Waals surface area contributed by atoms with Gasteiger partial charge in [0.05, 0.1) is 11.5 Å². The minimum absolute atomic E-state index is 0.265. The van der Waals surface area contributed by atoms with Crippen LogP contribution in [0.4, 0.5) is 19.0 Å². The summed E-state index contributed by atoms with van der Waals surface area (Å²) in [4.78, 5) is 16.7. The highest BCUT2D eigenvalue weighted by atomic mass is 19.4. The maximum atomic E-state index is 12.8. The van der Waals surface area contributed by atoms with Gasteiger partial charge in [0.25, 0.3) is 0 Å². The first-order chi connectivity index (χ1) is 9.27. The van der Waals surface area contributed by atoms with Crippen molar-refractivity contribution in [3.63, 3.8) is 0 Å². The molecule has 7 heteroatoms. The molecule has 1 N–H and O–H groups in total. The van der Waals surface area contributed by atoms with Crippen LogP contribution in [-0.2, 0) is 11.0 Å². The Morgan fingerprint density at radius 3 is 2.45 bits per heavy atom. The zero-order valence-electron chi connectivity index (χ0n) is 10.9. The maximum absolute atomic E-state index is 12.8. The van der Waals surface area contributed by atoms with Crippen molar-refractivity contribution in [3.05, 3.63) is 23.4 Å². The Bertz CT molecular complexity index is 509. The Morgan fingerprint density at radius 1 is 1.35 bits per heavy atom. The normalized spacial score (nSPS) is 17.3. The van der Waals surface area contributed by atoms with Crippen LogP contribution in [0.3, 0.4) is 0 Å². The average molecular weight is 288 g/mol. The molecule has 0 radical (unpaired) electrons. The predicted octanol–water partition coefficient (Wildman–Crippen LogP) is 2.71. The van der Waals surface area contributed by atoms with Gasteiger partial charge in [0.15, 0.2) is 0 Å². The van der Waals surface area contributed by atoms with Crippen LogP contribution in [0.25, 0.3) is 0 Å². The third-order valence-corrected chi connectivity index (χ3v) is 3.44. The average Bonchev–Trinajstić information content (AvgIpc) is 2.37. The summed E-state index contributed by atoms with van der Waals surface area (Å²) in [6.07, 6.45) is -3.56. The summed E-state index contributed by atoms with van der Waals surface area (Å²) in [5, 5.41) is 8.91. The molecule has 110 valence electrons. The second-order valence-electron chi connectivity index (χ2n) is 4.95. The lowest BCUT2D eigenvalue weighted by molar-refractivity contribution is -0.142. The number of nitrogens with zero attached hydrogens (tertiary/aromatic N) is 2. The molecular weight excluding hydrogens is 273 g/mol. The van der Waals surface area contributed by atoms with Gasteiger partial charge in [-0.25, -0.2) is 4.98 Å². The van der Waals surface area contributed by atoms with Crippen LogP contribution in [0, 0.1) is 12.8 Å². The zero-order chi connectivity index (χ0) is 14.9. The Balaban J connectivity index is 2.18. The molecule has 2 heterocycles. The molecule has 1 aromatic rings. The summed E-state index contributed by atoms with van der Waals surface area (Å²) in [6.45, 7) is 2.33. The predicted molar refractivity (Wildman–Crippen MR) is 66.5 cm³/mol. The molecule has 1 aliphatic rings. The summed E-state index contributed by atoms with van der Waals surface area (Å²) in [7, 11) is 0. The second kappa shape index (κ2) is 5.30. The summed E-state index contributed by atoms with van der Waals surface area (Å²) >= 11 is 0. The number of aliphatic carboxylic acids is 1. The summed E-state index contributed by atoms with van der Waals surface area (Å²) < 4.78 is 38.3. The largest absolute Gasteiger partial charge is 0.481 e. The van der Waals surface area contributed by atoms with E-state index in [1.54, 1.807) is 4.90 Å². The number of piperidine rings is 1. The Kier molecular flexibility index (Phi) is 3.87. The number of carbonyl (C=O) groups is 1. The van der Waals surface area contributed by atoms with E-state index in [1.165, 1.54) is 6.92 Å². The van der Waals surface area contributed by atoms with Crippen molar-refractivity contribution >= 4 is 11.8 Å². The van der Waals surface area contributed by atoms with Crippen LogP contribution < -0.4 is 4.90 Å². The standard InChI is InChI=1S/C13H15F3N2O2/c1-8-6-10(13(14,15)16)7-11(17-8)18-4-2-9(3-5-18)12(19)20/h6-7,9H,2-5H2,1H3,(H,19,20). The van der Waals surface area contributed by atoms with Crippen molar-refractivity contribution < 1.29 is 23.1 Å². The number of rotatable bonds is 2. The third kappa shape index (κ3) is 3.20. The molecule has 0 bridgehead atoms. The van der Waals surface area contributed by atoms with Crippen molar-refractivity contribution in [2.45, 2.75) is 25.9 Å². The van der Waals surface area contributed by atoms with E-state index in [1.807, 2.05) is 0 Å². The van der Waals surface area contributed by atoms with E-state index in [9.17, 15) is 18.0 Å². The minimum atomic E-state index is -4.40. The highest BCUT2D eigenvalue weighted by Crippen LogP contribution is 2.32. The van der Waals surface area contributed by atoms with E-state index in [0.717, 1.165) is 12.1 Å². The Labute approximate surface area is 114 Å². The van der Waals surface area contributed by atoms with Gasteiger partial charge in [0, 0.05) is 18.8 Å². The fraction of sp³-hybridized carbons (Fsp3) is 0.538. The quantitative estimate of drug-likeness (QED) is 0.909. The Hall–Kier alpha value is -1.79. The maximum Gasteiger partial charge on any atom is 0.416 e. The topological polar surface area (TPSA) is 53.4 Å². The van der Waals surface area contributed by atoms with Gasteiger partial charge in [-0.2, -0.15) is 13.2 Å². The fourth-order valence-electron chi connectivity index (χ4n) is 2.33. The van der Waals surface area contributed by atoms with Crippen LogP contribution in [-0.4, -0.2) is 29.1 Å². The van der Waals surface area contributed by atoms with E-state index < -0.39 is 23.6 Å². The van der Waals surface area contributed by atoms with Gasteiger partial charge >= 0.3 is 12.1 Å². The van der Waals surface area contributed by atoms with Crippen molar-refractivity contribution in [2.24, 2.45) is 5.92 Å². The molecule has 2 rings (SSSR count). The molecule has 0 aromatic carbocycles. The number of alkyl halides is 3. The molecule has 0 saturated carbocycles. The molecular formula is C13H15F3N2O2. The monoisotopic (exact) mass is 288 g/mol. The highest BCUT2D eigenvalue weighted by molar-refractivity contribution is 5.70. The number of aryl methyl sites for hydroxylation is 1. The molecule has 0 spiro atoms. The van der Waals surface area contributed by atoms with Gasteiger partial charge in [-0.05, 0) is 31.9 Å². The number of carboxylic acid groups (broad SMARTS) is 1. The number of anilines is 1. The number of hydrogen-bond donors (Lipinski definition) is 1. The molecule has 1 saturated heterocycles. The number of carboxylic acids is 1. The SMILES string of the molecule is Cc1cc(C(F)(F)F)cc(N2CCC(C(=O)O)CC2)n1. The molecule has 1 aromatic heterocycles. The van der Waals surface area contributed by atoms with E-state index >= 15 is 0 Å². The molecule has 1 fully saturated rings. The van der Waals surface area contributed by atoms with Gasteiger partial charge in [-0.1, -0.05) is 0 Å². The van der Waals surface area contributed by atoms with E-state index in [2.05, 4.69) is 4.98 Å². The van der Waals surface area contributed by atoms with Gasteiger partial charge < -0.3 is 10.0 Å². The third-order valence-electron chi connectivity index (χ3n) is 3.44. The van der Waals surface area contributed by atoms with Gasteiger partial charge in [-0.3, -0.25) is 4.79 Å². The van der Waals surface area contributed by atoms with E-state index in [-0.39, 0.29) is 5.82 Å². The molecule has 4 nitrogen and oxygen atoms in total. The van der Waals surface area contributed by atoms with Gasteiger partial charge in [0.2, 0.25) is 0 Å². The van der Waals surface area contributed by atoms with Gasteiger partial charge in [-0.15, -0.1) is 0 Å². The van der Waals surface area contributed by atoms with Gasteiger partial charge in [0.1, 0.15) is 5.82 Å². The van der Waals surface area contributed by atoms with Crippen LogP contribution in [0.5, 0.6) is 0 Å². The van der Waals surface area contributed by atoms with Crippen LogP contribution >= 0.6 is 0 Å². The number of hydrogen-bond acceptors (Lipinski definition) is 3. The lowest BCUT2D eigenvalue weighted by Crippen LogP contribution is -2.37. The first-order valence-corrected chi connectivity index (χ1v) is 6.31. The zero-order valence-corrected chi connectivity index (χ0v) is 10.9. The minimum Gasteiger partial charge on any atom is -0.481 e. The highest BCUT2D eigenvalue weighted by Gasteiger charge is 2.32. The lowest BCUT2D eigenvalue weighted by Gasteiger charge is -2.31.